The second kappa shape index (κ2) is 5.87. The number of aryl methyl sites for hydroxylation is 1. The molecule has 0 fully saturated rings. The molecule has 1 aromatic heterocycles. The molecule has 2 aromatic rings. The molecule has 6 nitrogen and oxygen atoms in total. The van der Waals surface area contributed by atoms with E-state index in [9.17, 15) is 4.79 Å². The van der Waals surface area contributed by atoms with Gasteiger partial charge in [0.25, 0.3) is 0 Å². The van der Waals surface area contributed by atoms with Crippen LogP contribution in [0.2, 0.25) is 0 Å². The summed E-state index contributed by atoms with van der Waals surface area (Å²) in [7, 11) is 5.85. The number of anilines is 2. The molecule has 6 heteroatoms. The highest BCUT2D eigenvalue weighted by atomic mass is 16.4. The number of nitrogens with zero attached hydrogens (tertiary/aromatic N) is 3. The number of aromatic carboxylic acids is 1. The zero-order chi connectivity index (χ0) is 15.6. The van der Waals surface area contributed by atoms with E-state index < -0.39 is 5.97 Å². The Morgan fingerprint density at radius 1 is 1.43 bits per heavy atom. The van der Waals surface area contributed by atoms with Crippen LogP contribution in [0.4, 0.5) is 11.6 Å². The molecule has 0 spiro atoms. The Kier molecular flexibility index (Phi) is 4.16. The molecule has 0 atom stereocenters. The van der Waals surface area contributed by atoms with Gasteiger partial charge >= 0.3 is 5.97 Å². The third kappa shape index (κ3) is 3.16. The molecular weight excluding hydrogens is 268 g/mol. The van der Waals surface area contributed by atoms with Crippen molar-refractivity contribution in [3.05, 3.63) is 41.2 Å². The van der Waals surface area contributed by atoms with Gasteiger partial charge in [-0.2, -0.15) is 0 Å². The Balaban J connectivity index is 2.16. The zero-order valence-electron chi connectivity index (χ0n) is 12.7. The van der Waals surface area contributed by atoms with E-state index in [4.69, 9.17) is 5.11 Å². The molecule has 0 aliphatic carbocycles. The van der Waals surface area contributed by atoms with Gasteiger partial charge in [-0.3, -0.25) is 0 Å². The van der Waals surface area contributed by atoms with Crippen LogP contribution >= 0.6 is 0 Å². The third-order valence-corrected chi connectivity index (χ3v) is 3.40. The zero-order valence-corrected chi connectivity index (χ0v) is 12.7. The van der Waals surface area contributed by atoms with Gasteiger partial charge in [-0.15, -0.1) is 0 Å². The van der Waals surface area contributed by atoms with E-state index in [0.29, 0.717) is 6.54 Å². The number of hydrogen-bond donors (Lipinski definition) is 2. The van der Waals surface area contributed by atoms with Gasteiger partial charge in [0.1, 0.15) is 0 Å². The summed E-state index contributed by atoms with van der Waals surface area (Å²) < 4.78 is 2.00. The summed E-state index contributed by atoms with van der Waals surface area (Å²) in [5, 5.41) is 12.3. The Morgan fingerprint density at radius 2 is 2.14 bits per heavy atom. The van der Waals surface area contributed by atoms with Gasteiger partial charge in [-0.1, -0.05) is 6.07 Å². The standard InChI is InChI=1S/C15H20N4O2/c1-10-5-6-11(14(20)21)7-13(10)16-8-12-9-17-15(18(2)3)19(12)4/h5-7,9,16H,8H2,1-4H3,(H,20,21). The maximum absolute atomic E-state index is 11.0. The first-order chi connectivity index (χ1) is 9.90. The van der Waals surface area contributed by atoms with E-state index in [1.165, 1.54) is 0 Å². The Hall–Kier alpha value is -2.50. The molecule has 1 heterocycles. The van der Waals surface area contributed by atoms with Crippen LogP contribution in [0.15, 0.2) is 24.4 Å². The van der Waals surface area contributed by atoms with E-state index in [-0.39, 0.29) is 5.56 Å². The number of hydrogen-bond acceptors (Lipinski definition) is 4. The summed E-state index contributed by atoms with van der Waals surface area (Å²) in [5.74, 6) is -0.0451. The van der Waals surface area contributed by atoms with E-state index >= 15 is 0 Å². The van der Waals surface area contributed by atoms with Crippen LogP contribution in [0.25, 0.3) is 0 Å². The second-order valence-corrected chi connectivity index (χ2v) is 5.19. The quantitative estimate of drug-likeness (QED) is 0.881. The molecule has 0 saturated heterocycles. The molecule has 2 N–H and O–H groups in total. The molecule has 0 aliphatic heterocycles. The van der Waals surface area contributed by atoms with Gasteiger partial charge < -0.3 is 19.9 Å². The van der Waals surface area contributed by atoms with Crippen LogP contribution in [0.5, 0.6) is 0 Å². The smallest absolute Gasteiger partial charge is 0.335 e. The molecule has 1 aromatic carbocycles. The van der Waals surface area contributed by atoms with Crippen molar-refractivity contribution < 1.29 is 9.90 Å². The van der Waals surface area contributed by atoms with Crippen LogP contribution in [-0.2, 0) is 13.6 Å². The second-order valence-electron chi connectivity index (χ2n) is 5.19. The summed E-state index contributed by atoms with van der Waals surface area (Å²) >= 11 is 0. The third-order valence-electron chi connectivity index (χ3n) is 3.40. The van der Waals surface area contributed by atoms with E-state index in [1.54, 1.807) is 18.2 Å². The van der Waals surface area contributed by atoms with E-state index in [2.05, 4.69) is 10.3 Å². The molecule has 0 amide bonds. The van der Waals surface area contributed by atoms with Crippen LogP contribution in [0, 0.1) is 6.92 Å². The average molecular weight is 288 g/mol. The summed E-state index contributed by atoms with van der Waals surface area (Å²) in [5.41, 5.74) is 3.14. The maximum Gasteiger partial charge on any atom is 0.335 e. The van der Waals surface area contributed by atoms with E-state index in [0.717, 1.165) is 22.9 Å². The van der Waals surface area contributed by atoms with Gasteiger partial charge in [0, 0.05) is 26.8 Å². The van der Waals surface area contributed by atoms with Gasteiger partial charge in [0.15, 0.2) is 0 Å². The predicted molar refractivity (Wildman–Crippen MR) is 83.0 cm³/mol. The number of carbonyl (C=O) groups is 1. The minimum atomic E-state index is -0.923. The topological polar surface area (TPSA) is 70.4 Å². The molecule has 0 bridgehead atoms. The predicted octanol–water partition coefficient (Wildman–Crippen LogP) is 2.10. The fourth-order valence-electron chi connectivity index (χ4n) is 2.14. The number of imidazole rings is 1. The summed E-state index contributed by atoms with van der Waals surface area (Å²) in [4.78, 5) is 17.3. The fraction of sp³-hybridized carbons (Fsp3) is 0.333. The molecule has 21 heavy (non-hydrogen) atoms. The highest BCUT2D eigenvalue weighted by molar-refractivity contribution is 5.89. The minimum absolute atomic E-state index is 0.280. The first-order valence-corrected chi connectivity index (χ1v) is 6.66. The summed E-state index contributed by atoms with van der Waals surface area (Å²) in [6, 6.07) is 5.07. The van der Waals surface area contributed by atoms with Gasteiger partial charge in [0.05, 0.1) is 24.0 Å². The SMILES string of the molecule is Cc1ccc(C(=O)O)cc1NCc1cnc(N(C)C)n1C. The van der Waals surface area contributed by atoms with Crippen LogP contribution in [0.1, 0.15) is 21.6 Å². The number of rotatable bonds is 5. The highest BCUT2D eigenvalue weighted by Gasteiger charge is 2.09. The largest absolute Gasteiger partial charge is 0.478 e. The van der Waals surface area contributed by atoms with Crippen molar-refractivity contribution in [3.8, 4) is 0 Å². The Labute approximate surface area is 124 Å². The average Bonchev–Trinajstić information content (AvgIpc) is 2.79. The highest BCUT2D eigenvalue weighted by Crippen LogP contribution is 2.19. The van der Waals surface area contributed by atoms with Crippen molar-refractivity contribution in [1.82, 2.24) is 9.55 Å². The number of aromatic nitrogens is 2. The molecule has 0 unspecified atom stereocenters. The fourth-order valence-corrected chi connectivity index (χ4v) is 2.14. The van der Waals surface area contributed by atoms with Gasteiger partial charge in [-0.05, 0) is 24.6 Å². The van der Waals surface area contributed by atoms with Crippen molar-refractivity contribution in [2.24, 2.45) is 7.05 Å². The van der Waals surface area contributed by atoms with Crippen molar-refractivity contribution in [1.29, 1.82) is 0 Å². The molecule has 0 aliphatic rings. The van der Waals surface area contributed by atoms with Gasteiger partial charge in [-0.25, -0.2) is 9.78 Å². The van der Waals surface area contributed by atoms with E-state index in [1.807, 2.05) is 43.7 Å². The Bertz CT molecular complexity index is 662. The molecule has 0 saturated carbocycles. The summed E-state index contributed by atoms with van der Waals surface area (Å²) in [6.45, 7) is 2.53. The van der Waals surface area contributed by atoms with Crippen molar-refractivity contribution in [2.75, 3.05) is 24.3 Å². The monoisotopic (exact) mass is 288 g/mol. The first-order valence-electron chi connectivity index (χ1n) is 6.66. The molecular formula is C15H20N4O2. The number of carboxylic acid groups (broad SMARTS) is 1. The lowest BCUT2D eigenvalue weighted by Crippen LogP contribution is -2.15. The molecule has 0 radical (unpaired) electrons. The first kappa shape index (κ1) is 14.9. The number of carboxylic acids is 1. The Morgan fingerprint density at radius 3 is 2.71 bits per heavy atom. The van der Waals surface area contributed by atoms with Crippen molar-refractivity contribution in [2.45, 2.75) is 13.5 Å². The lowest BCUT2D eigenvalue weighted by atomic mass is 10.1. The van der Waals surface area contributed by atoms with Gasteiger partial charge in [0.2, 0.25) is 5.95 Å². The van der Waals surface area contributed by atoms with Crippen molar-refractivity contribution >= 4 is 17.6 Å². The lowest BCUT2D eigenvalue weighted by molar-refractivity contribution is 0.0697. The summed E-state index contributed by atoms with van der Waals surface area (Å²) in [6.07, 6.45) is 1.82. The number of benzene rings is 1. The van der Waals surface area contributed by atoms with Crippen LogP contribution in [0.3, 0.4) is 0 Å². The van der Waals surface area contributed by atoms with Crippen LogP contribution < -0.4 is 10.2 Å². The normalized spacial score (nSPS) is 10.5. The maximum atomic E-state index is 11.0. The van der Waals surface area contributed by atoms with Crippen molar-refractivity contribution in [3.63, 3.8) is 0 Å². The lowest BCUT2D eigenvalue weighted by Gasteiger charge is -2.14. The minimum Gasteiger partial charge on any atom is -0.478 e. The molecule has 112 valence electrons. The van der Waals surface area contributed by atoms with Crippen LogP contribution in [-0.4, -0.2) is 34.7 Å². The number of nitrogens with one attached hydrogen (secondary N) is 1. The molecule has 2 rings (SSSR count).